The Morgan fingerprint density at radius 3 is 2.89 bits per heavy atom. The van der Waals surface area contributed by atoms with E-state index in [0.717, 1.165) is 16.9 Å². The molecule has 1 aromatic carbocycles. The first-order chi connectivity index (χ1) is 8.40. The summed E-state index contributed by atoms with van der Waals surface area (Å²) >= 11 is 6.23. The Balaban J connectivity index is 2.41. The van der Waals surface area contributed by atoms with Crippen LogP contribution < -0.4 is 4.74 Å². The zero-order valence-electron chi connectivity index (χ0n) is 10.3. The first-order valence-electron chi connectivity index (χ1n) is 5.65. The maximum atomic E-state index is 10.9. The van der Waals surface area contributed by atoms with E-state index in [1.54, 1.807) is 6.07 Å². The number of carboxylic acids is 1. The second kappa shape index (κ2) is 4.78. The van der Waals surface area contributed by atoms with Crippen LogP contribution >= 0.6 is 11.6 Å². The van der Waals surface area contributed by atoms with Crippen LogP contribution in [0, 0.1) is 0 Å². The molecule has 0 radical (unpaired) electrons. The van der Waals surface area contributed by atoms with Gasteiger partial charge in [-0.1, -0.05) is 25.4 Å². The number of benzene rings is 1. The molecule has 18 heavy (non-hydrogen) atoms. The van der Waals surface area contributed by atoms with Crippen LogP contribution in [0.5, 0.6) is 5.75 Å². The van der Waals surface area contributed by atoms with Gasteiger partial charge in [0, 0.05) is 16.0 Å². The largest absolute Gasteiger partial charge is 0.481 e. The van der Waals surface area contributed by atoms with Crippen LogP contribution in [-0.2, 0) is 21.6 Å². The minimum absolute atomic E-state index is 0.0159. The van der Waals surface area contributed by atoms with Crippen molar-refractivity contribution < 1.29 is 19.4 Å². The summed E-state index contributed by atoms with van der Waals surface area (Å²) in [6, 6.07) is 3.61. The van der Waals surface area contributed by atoms with Crippen molar-refractivity contribution in [1.82, 2.24) is 0 Å². The number of hydrogen-bond acceptors (Lipinski definition) is 3. The molecule has 0 aliphatic carbocycles. The van der Waals surface area contributed by atoms with E-state index in [1.807, 2.05) is 19.9 Å². The summed E-state index contributed by atoms with van der Waals surface area (Å²) in [5.74, 6) is -0.128. The second-order valence-corrected chi connectivity index (χ2v) is 5.41. The molecule has 0 atom stereocenters. The van der Waals surface area contributed by atoms with Gasteiger partial charge in [0.25, 0.3) is 0 Å². The second-order valence-electron chi connectivity index (χ2n) is 5.00. The monoisotopic (exact) mass is 270 g/mol. The zero-order chi connectivity index (χ0) is 13.3. The standard InChI is InChI=1S/C13H15ClO4/c1-13(2,5-12(15)16)9-4-11-8(3-10(9)14)6-17-7-18-11/h3-4H,5-7H2,1-2H3,(H,15,16). The van der Waals surface area contributed by atoms with Gasteiger partial charge in [-0.3, -0.25) is 4.79 Å². The summed E-state index contributed by atoms with van der Waals surface area (Å²) < 4.78 is 10.6. The van der Waals surface area contributed by atoms with Crippen molar-refractivity contribution in [2.75, 3.05) is 6.79 Å². The fourth-order valence-electron chi connectivity index (χ4n) is 2.09. The van der Waals surface area contributed by atoms with E-state index in [4.69, 9.17) is 26.2 Å². The average molecular weight is 271 g/mol. The highest BCUT2D eigenvalue weighted by Crippen LogP contribution is 2.38. The predicted octanol–water partition coefficient (Wildman–Crippen LogP) is 2.96. The van der Waals surface area contributed by atoms with Crippen molar-refractivity contribution in [1.29, 1.82) is 0 Å². The van der Waals surface area contributed by atoms with Crippen LogP contribution in [0.25, 0.3) is 0 Å². The SMILES string of the molecule is CC(C)(CC(=O)O)c1cc2c(cc1Cl)COCO2. The Bertz CT molecular complexity index is 482. The van der Waals surface area contributed by atoms with E-state index in [9.17, 15) is 4.79 Å². The van der Waals surface area contributed by atoms with E-state index in [2.05, 4.69) is 0 Å². The van der Waals surface area contributed by atoms with E-state index >= 15 is 0 Å². The fourth-order valence-corrected chi connectivity index (χ4v) is 2.53. The molecule has 98 valence electrons. The molecule has 1 N–H and O–H groups in total. The molecule has 1 heterocycles. The smallest absolute Gasteiger partial charge is 0.304 e. The highest BCUT2D eigenvalue weighted by molar-refractivity contribution is 6.31. The van der Waals surface area contributed by atoms with Crippen LogP contribution in [0.1, 0.15) is 31.4 Å². The maximum Gasteiger partial charge on any atom is 0.304 e. The minimum Gasteiger partial charge on any atom is -0.481 e. The molecule has 1 aliphatic rings. The maximum absolute atomic E-state index is 10.9. The number of carboxylic acid groups (broad SMARTS) is 1. The summed E-state index contributed by atoms with van der Waals surface area (Å²) in [5.41, 5.74) is 1.13. The highest BCUT2D eigenvalue weighted by Gasteiger charge is 2.28. The van der Waals surface area contributed by atoms with Crippen LogP contribution in [0.4, 0.5) is 0 Å². The van der Waals surface area contributed by atoms with Gasteiger partial charge in [0.1, 0.15) is 5.75 Å². The normalized spacial score (nSPS) is 14.8. The summed E-state index contributed by atoms with van der Waals surface area (Å²) in [6.07, 6.45) is 0.0159. The molecule has 4 nitrogen and oxygen atoms in total. The lowest BCUT2D eigenvalue weighted by Crippen LogP contribution is -2.23. The Hall–Kier alpha value is -1.26. The molecular weight excluding hydrogens is 256 g/mol. The van der Waals surface area contributed by atoms with Gasteiger partial charge < -0.3 is 14.6 Å². The third-order valence-electron chi connectivity index (χ3n) is 3.03. The van der Waals surface area contributed by atoms with E-state index in [-0.39, 0.29) is 13.2 Å². The van der Waals surface area contributed by atoms with Gasteiger partial charge in [-0.25, -0.2) is 0 Å². The van der Waals surface area contributed by atoms with Crippen molar-refractivity contribution in [2.45, 2.75) is 32.3 Å². The van der Waals surface area contributed by atoms with Gasteiger partial charge in [0.15, 0.2) is 6.79 Å². The van der Waals surface area contributed by atoms with Crippen molar-refractivity contribution in [2.24, 2.45) is 0 Å². The van der Waals surface area contributed by atoms with Crippen molar-refractivity contribution in [3.8, 4) is 5.75 Å². The molecule has 0 unspecified atom stereocenters. The van der Waals surface area contributed by atoms with Crippen LogP contribution in [0.2, 0.25) is 5.02 Å². The number of fused-ring (bicyclic) bond motifs is 1. The fraction of sp³-hybridized carbons (Fsp3) is 0.462. The quantitative estimate of drug-likeness (QED) is 0.917. The molecule has 0 saturated heterocycles. The van der Waals surface area contributed by atoms with Gasteiger partial charge in [-0.15, -0.1) is 0 Å². The molecule has 0 aromatic heterocycles. The van der Waals surface area contributed by atoms with Crippen LogP contribution in [0.3, 0.4) is 0 Å². The van der Waals surface area contributed by atoms with Gasteiger partial charge in [0.05, 0.1) is 13.0 Å². The molecule has 2 rings (SSSR count). The third-order valence-corrected chi connectivity index (χ3v) is 3.34. The van der Waals surface area contributed by atoms with E-state index in [0.29, 0.717) is 11.6 Å². The number of hydrogen-bond donors (Lipinski definition) is 1. The lowest BCUT2D eigenvalue weighted by molar-refractivity contribution is -0.138. The zero-order valence-corrected chi connectivity index (χ0v) is 11.1. The molecule has 1 aliphatic heterocycles. The molecule has 0 saturated carbocycles. The Kier molecular flexibility index (Phi) is 3.50. The molecule has 0 fully saturated rings. The topological polar surface area (TPSA) is 55.8 Å². The third kappa shape index (κ3) is 2.60. The average Bonchev–Trinajstić information content (AvgIpc) is 2.26. The number of aliphatic carboxylic acids is 1. The van der Waals surface area contributed by atoms with E-state index < -0.39 is 11.4 Å². The molecule has 5 heteroatoms. The van der Waals surface area contributed by atoms with Crippen molar-refractivity contribution in [3.05, 3.63) is 28.3 Å². The van der Waals surface area contributed by atoms with E-state index in [1.165, 1.54) is 0 Å². The van der Waals surface area contributed by atoms with Gasteiger partial charge in [-0.2, -0.15) is 0 Å². The Labute approximate surface area is 110 Å². The van der Waals surface area contributed by atoms with Crippen LogP contribution in [0.15, 0.2) is 12.1 Å². The molecule has 0 bridgehead atoms. The first-order valence-corrected chi connectivity index (χ1v) is 6.03. The lowest BCUT2D eigenvalue weighted by atomic mass is 9.81. The summed E-state index contributed by atoms with van der Waals surface area (Å²) in [6.45, 7) is 4.39. The summed E-state index contributed by atoms with van der Waals surface area (Å²) in [7, 11) is 0. The highest BCUT2D eigenvalue weighted by atomic mass is 35.5. The molecule has 0 spiro atoms. The van der Waals surface area contributed by atoms with Gasteiger partial charge >= 0.3 is 5.97 Å². The van der Waals surface area contributed by atoms with Gasteiger partial charge in [0.2, 0.25) is 0 Å². The molecular formula is C13H15ClO4. The number of ether oxygens (including phenoxy) is 2. The Morgan fingerprint density at radius 1 is 1.50 bits per heavy atom. The number of rotatable bonds is 3. The summed E-state index contributed by atoms with van der Waals surface area (Å²) in [4.78, 5) is 10.9. The predicted molar refractivity (Wildman–Crippen MR) is 67.0 cm³/mol. The lowest BCUT2D eigenvalue weighted by Gasteiger charge is -2.27. The van der Waals surface area contributed by atoms with Crippen molar-refractivity contribution in [3.63, 3.8) is 0 Å². The summed E-state index contributed by atoms with van der Waals surface area (Å²) in [5, 5.41) is 9.50. The first kappa shape index (κ1) is 13.2. The van der Waals surface area contributed by atoms with Crippen molar-refractivity contribution >= 4 is 17.6 Å². The Morgan fingerprint density at radius 2 is 2.22 bits per heavy atom. The van der Waals surface area contributed by atoms with Crippen LogP contribution in [-0.4, -0.2) is 17.9 Å². The molecule has 0 amide bonds. The minimum atomic E-state index is -0.849. The number of carbonyl (C=O) groups is 1. The number of halogens is 1. The molecule has 1 aromatic rings. The van der Waals surface area contributed by atoms with Gasteiger partial charge in [-0.05, 0) is 17.7 Å².